The van der Waals surface area contributed by atoms with Crippen molar-refractivity contribution in [3.8, 4) is 0 Å². The Bertz CT molecular complexity index is 791. The first-order chi connectivity index (χ1) is 11.8. The zero-order valence-electron chi connectivity index (χ0n) is 13.2. The van der Waals surface area contributed by atoms with Gasteiger partial charge in [0, 0.05) is 0 Å². The quantitative estimate of drug-likeness (QED) is 0.386. The maximum atomic E-state index is 11.6. The van der Waals surface area contributed by atoms with E-state index in [1.807, 2.05) is 0 Å². The largest absolute Gasteiger partial charge is 0.368 e. The zero-order chi connectivity index (χ0) is 18.6. The Balaban J connectivity index is 2.34. The fraction of sp³-hybridized carbons (Fsp3) is 0.214. The molecule has 11 heteroatoms. The number of carbonyl (C=O) groups excluding carboxylic acids is 2. The molecule has 9 nitrogen and oxygen atoms in total. The van der Waals surface area contributed by atoms with Crippen molar-refractivity contribution in [3.63, 3.8) is 0 Å². The molecule has 2 amide bonds. The maximum Gasteiger partial charge on any atom is 0.271 e. The molecular weight excluding hydrogens is 362 g/mol. The highest BCUT2D eigenvalue weighted by molar-refractivity contribution is 8.07. The molecule has 2 rings (SSSR count). The van der Waals surface area contributed by atoms with Crippen LogP contribution in [0.15, 0.2) is 27.6 Å². The Labute approximate surface area is 153 Å². The molecule has 7 N–H and O–H groups in total. The van der Waals surface area contributed by atoms with Crippen LogP contribution in [0.1, 0.15) is 23.8 Å². The van der Waals surface area contributed by atoms with Gasteiger partial charge in [-0.2, -0.15) is 0 Å². The Kier molecular flexibility index (Phi) is 6.04. The van der Waals surface area contributed by atoms with Crippen LogP contribution in [0.3, 0.4) is 0 Å². The first kappa shape index (κ1) is 18.8. The number of hydrogen-bond donors (Lipinski definition) is 6. The molecule has 0 bridgehead atoms. The van der Waals surface area contributed by atoms with Crippen LogP contribution in [0.4, 0.5) is 11.6 Å². The molecule has 1 aliphatic rings. The second kappa shape index (κ2) is 8.03. The van der Waals surface area contributed by atoms with Gasteiger partial charge < -0.3 is 22.1 Å². The lowest BCUT2D eigenvalue weighted by molar-refractivity contribution is -0.118. The van der Waals surface area contributed by atoms with Crippen LogP contribution in [0, 0.1) is 5.41 Å². The SMILES string of the molecule is CC[C@@H](Nc1cnc(C(N)=O)c(N/C(S)=C2\SC=CC2=N)n1)C(N)=O. The minimum Gasteiger partial charge on any atom is -0.368 e. The summed E-state index contributed by atoms with van der Waals surface area (Å²) in [7, 11) is 0. The standard InChI is InChI=1S/C14H17N7O2S2/c1-2-7(11(16)22)19-8-5-18-9(12(17)23)13(20-8)21-14(24)10-6(15)3-4-25-10/h3-5,7,15,24H,2H2,1H3,(H2,16,22)(H2,17,23)(H2,19,20,21)/b14-10+,15-6?/t7-/m1/s1. The fourth-order valence-corrected chi connectivity index (χ4v) is 3.02. The average molecular weight is 379 g/mol. The molecule has 1 atom stereocenters. The Morgan fingerprint density at radius 3 is 2.68 bits per heavy atom. The van der Waals surface area contributed by atoms with Crippen molar-refractivity contribution < 1.29 is 9.59 Å². The molecule has 132 valence electrons. The zero-order valence-corrected chi connectivity index (χ0v) is 14.9. The van der Waals surface area contributed by atoms with Gasteiger partial charge in [0.15, 0.2) is 11.5 Å². The number of thiol groups is 1. The van der Waals surface area contributed by atoms with Crippen LogP contribution in [0.5, 0.6) is 0 Å². The number of nitrogens with one attached hydrogen (secondary N) is 3. The van der Waals surface area contributed by atoms with E-state index in [9.17, 15) is 9.59 Å². The summed E-state index contributed by atoms with van der Waals surface area (Å²) >= 11 is 5.63. The average Bonchev–Trinajstić information content (AvgIpc) is 2.98. The summed E-state index contributed by atoms with van der Waals surface area (Å²) in [4.78, 5) is 31.7. The summed E-state index contributed by atoms with van der Waals surface area (Å²) in [6.45, 7) is 1.79. The number of allylic oxidation sites excluding steroid dienone is 2. The van der Waals surface area contributed by atoms with Gasteiger partial charge in [0.25, 0.3) is 5.91 Å². The molecule has 1 aromatic rings. The Hall–Kier alpha value is -2.53. The van der Waals surface area contributed by atoms with Gasteiger partial charge in [-0.15, -0.1) is 12.6 Å². The van der Waals surface area contributed by atoms with Gasteiger partial charge >= 0.3 is 0 Å². The van der Waals surface area contributed by atoms with E-state index in [1.165, 1.54) is 18.0 Å². The van der Waals surface area contributed by atoms with Gasteiger partial charge in [0.2, 0.25) is 5.91 Å². The van der Waals surface area contributed by atoms with Crippen molar-refractivity contribution in [2.45, 2.75) is 19.4 Å². The summed E-state index contributed by atoms with van der Waals surface area (Å²) in [5.41, 5.74) is 10.8. The number of nitrogens with two attached hydrogens (primary N) is 2. The first-order valence-corrected chi connectivity index (χ1v) is 8.51. The van der Waals surface area contributed by atoms with Gasteiger partial charge in [0.05, 0.1) is 21.8 Å². The maximum absolute atomic E-state index is 11.6. The monoisotopic (exact) mass is 379 g/mol. The molecule has 0 saturated heterocycles. The Morgan fingerprint density at radius 1 is 1.44 bits per heavy atom. The molecule has 0 saturated carbocycles. The fourth-order valence-electron chi connectivity index (χ4n) is 1.94. The molecule has 0 spiro atoms. The van der Waals surface area contributed by atoms with Crippen LogP contribution in [0.2, 0.25) is 0 Å². The molecule has 0 aliphatic carbocycles. The first-order valence-electron chi connectivity index (χ1n) is 7.18. The van der Waals surface area contributed by atoms with Crippen molar-refractivity contribution in [3.05, 3.63) is 33.3 Å². The minimum absolute atomic E-state index is 0.0645. The summed E-state index contributed by atoms with van der Waals surface area (Å²) in [5.74, 6) is -0.996. The predicted molar refractivity (Wildman–Crippen MR) is 102 cm³/mol. The normalized spacial score (nSPS) is 16.5. The molecule has 1 aliphatic heterocycles. The lowest BCUT2D eigenvalue weighted by Crippen LogP contribution is -2.35. The molecule has 0 fully saturated rings. The number of anilines is 2. The van der Waals surface area contributed by atoms with Gasteiger partial charge in [-0.25, -0.2) is 9.97 Å². The number of carbonyl (C=O) groups is 2. The van der Waals surface area contributed by atoms with Gasteiger partial charge in [-0.05, 0) is 17.9 Å². The number of primary amides is 2. The third-order valence-electron chi connectivity index (χ3n) is 3.20. The third kappa shape index (κ3) is 4.51. The summed E-state index contributed by atoms with van der Waals surface area (Å²) in [5, 5.41) is 15.6. The van der Waals surface area contributed by atoms with Crippen molar-refractivity contribution in [2.24, 2.45) is 11.5 Å². The van der Waals surface area contributed by atoms with E-state index in [2.05, 4.69) is 33.2 Å². The van der Waals surface area contributed by atoms with E-state index in [4.69, 9.17) is 16.9 Å². The van der Waals surface area contributed by atoms with Crippen molar-refractivity contribution in [1.29, 1.82) is 5.41 Å². The topological polar surface area (TPSA) is 160 Å². The van der Waals surface area contributed by atoms with Crippen LogP contribution < -0.4 is 22.1 Å². The lowest BCUT2D eigenvalue weighted by Gasteiger charge is -2.16. The van der Waals surface area contributed by atoms with E-state index in [0.29, 0.717) is 16.4 Å². The molecule has 0 radical (unpaired) electrons. The number of nitrogens with zero attached hydrogens (tertiary/aromatic N) is 2. The van der Waals surface area contributed by atoms with E-state index in [0.717, 1.165) is 0 Å². The van der Waals surface area contributed by atoms with E-state index >= 15 is 0 Å². The minimum atomic E-state index is -0.776. The highest BCUT2D eigenvalue weighted by atomic mass is 32.2. The number of amides is 2. The highest BCUT2D eigenvalue weighted by Crippen LogP contribution is 2.31. The molecule has 1 aromatic heterocycles. The number of thioether (sulfide) groups is 1. The van der Waals surface area contributed by atoms with Crippen LogP contribution in [0.25, 0.3) is 0 Å². The van der Waals surface area contributed by atoms with Gasteiger partial charge in [-0.3, -0.25) is 15.0 Å². The second-order valence-corrected chi connectivity index (χ2v) is 6.32. The molecule has 0 aromatic carbocycles. The van der Waals surface area contributed by atoms with Crippen LogP contribution in [-0.2, 0) is 4.79 Å². The summed E-state index contributed by atoms with van der Waals surface area (Å²) < 4.78 is 0. The van der Waals surface area contributed by atoms with E-state index < -0.39 is 17.9 Å². The number of aromatic nitrogens is 2. The highest BCUT2D eigenvalue weighted by Gasteiger charge is 2.19. The van der Waals surface area contributed by atoms with Crippen molar-refractivity contribution in [1.82, 2.24) is 9.97 Å². The van der Waals surface area contributed by atoms with Crippen LogP contribution in [-0.4, -0.2) is 33.5 Å². The van der Waals surface area contributed by atoms with E-state index in [-0.39, 0.29) is 23.0 Å². The predicted octanol–water partition coefficient (Wildman–Crippen LogP) is 1.04. The number of rotatable bonds is 7. The molecule has 2 heterocycles. The summed E-state index contributed by atoms with van der Waals surface area (Å²) in [6, 6.07) is -0.627. The van der Waals surface area contributed by atoms with Gasteiger partial charge in [-0.1, -0.05) is 18.7 Å². The second-order valence-electron chi connectivity index (χ2n) is 4.96. The van der Waals surface area contributed by atoms with Gasteiger partial charge in [0.1, 0.15) is 11.9 Å². The Morgan fingerprint density at radius 2 is 2.16 bits per heavy atom. The summed E-state index contributed by atoms with van der Waals surface area (Å²) in [6.07, 6.45) is 3.37. The van der Waals surface area contributed by atoms with Crippen molar-refractivity contribution in [2.75, 3.05) is 10.6 Å². The van der Waals surface area contributed by atoms with Crippen molar-refractivity contribution >= 4 is 53.6 Å². The molecule has 25 heavy (non-hydrogen) atoms. The third-order valence-corrected chi connectivity index (χ3v) is 4.62. The lowest BCUT2D eigenvalue weighted by atomic mass is 10.2. The van der Waals surface area contributed by atoms with E-state index in [1.54, 1.807) is 18.4 Å². The molecular formula is C14H17N7O2S2. The number of hydrogen-bond acceptors (Lipinski definition) is 9. The van der Waals surface area contributed by atoms with Crippen LogP contribution >= 0.6 is 24.4 Å². The smallest absolute Gasteiger partial charge is 0.271 e. The molecule has 0 unspecified atom stereocenters.